The van der Waals surface area contributed by atoms with Crippen LogP contribution in [-0.2, 0) is 9.53 Å². The van der Waals surface area contributed by atoms with Crippen LogP contribution in [0.15, 0.2) is 0 Å². The number of aliphatic carboxylic acids is 1. The van der Waals surface area contributed by atoms with E-state index in [0.29, 0.717) is 13.2 Å². The third-order valence-corrected chi connectivity index (χ3v) is 5.46. The standard InChI is InChI=1S/C25H53N3O3/c1-2-23-31-24-28-22-16-21-27-20-15-11-10-14-19-26-18-13-9-7-5-3-4-6-8-12-17-25(29)30/h26-28H,2-24H2,1H3,(H,29,30). The van der Waals surface area contributed by atoms with Gasteiger partial charge in [0.2, 0.25) is 0 Å². The van der Waals surface area contributed by atoms with Gasteiger partial charge in [-0.25, -0.2) is 0 Å². The fourth-order valence-electron chi connectivity index (χ4n) is 3.57. The molecule has 31 heavy (non-hydrogen) atoms. The molecule has 0 unspecified atom stereocenters. The van der Waals surface area contributed by atoms with Crippen molar-refractivity contribution in [2.45, 2.75) is 110 Å². The Morgan fingerprint density at radius 3 is 1.52 bits per heavy atom. The molecule has 0 aliphatic heterocycles. The van der Waals surface area contributed by atoms with Crippen molar-refractivity contribution in [2.75, 3.05) is 46.1 Å². The molecule has 186 valence electrons. The Labute approximate surface area is 192 Å². The molecule has 6 nitrogen and oxygen atoms in total. The number of unbranched alkanes of at least 4 members (excludes halogenated alkanes) is 11. The third kappa shape index (κ3) is 29.3. The van der Waals surface area contributed by atoms with Crippen molar-refractivity contribution in [2.24, 2.45) is 0 Å². The molecular weight excluding hydrogens is 390 g/mol. The van der Waals surface area contributed by atoms with Gasteiger partial charge in [0.15, 0.2) is 0 Å². The minimum atomic E-state index is -0.662. The number of nitrogens with one attached hydrogen (secondary N) is 3. The first-order chi connectivity index (χ1) is 15.3. The highest BCUT2D eigenvalue weighted by Gasteiger charge is 1.97. The Hall–Kier alpha value is -0.690. The molecule has 0 aromatic rings. The molecule has 4 N–H and O–H groups in total. The monoisotopic (exact) mass is 443 g/mol. The van der Waals surface area contributed by atoms with E-state index in [2.05, 4.69) is 22.9 Å². The molecule has 0 atom stereocenters. The number of hydrogen-bond acceptors (Lipinski definition) is 5. The molecular formula is C25H53N3O3. The fraction of sp³-hybridized carbons (Fsp3) is 0.960. The van der Waals surface area contributed by atoms with Crippen molar-refractivity contribution >= 4 is 5.97 Å². The predicted octanol–water partition coefficient (Wildman–Crippen LogP) is 5.08. The lowest BCUT2D eigenvalue weighted by atomic mass is 10.1. The average Bonchev–Trinajstić information content (AvgIpc) is 2.76. The van der Waals surface area contributed by atoms with Crippen molar-refractivity contribution < 1.29 is 14.6 Å². The summed E-state index contributed by atoms with van der Waals surface area (Å²) in [5, 5.41) is 19.0. The summed E-state index contributed by atoms with van der Waals surface area (Å²) in [6.07, 6.45) is 18.8. The summed E-state index contributed by atoms with van der Waals surface area (Å²) in [6, 6.07) is 0. The van der Waals surface area contributed by atoms with E-state index >= 15 is 0 Å². The lowest BCUT2D eigenvalue weighted by Crippen LogP contribution is -2.24. The molecule has 0 rings (SSSR count). The van der Waals surface area contributed by atoms with Gasteiger partial charge in [-0.1, -0.05) is 64.7 Å². The van der Waals surface area contributed by atoms with Gasteiger partial charge in [-0.05, 0) is 71.2 Å². The molecule has 0 heterocycles. The van der Waals surface area contributed by atoms with Crippen LogP contribution in [-0.4, -0.2) is 57.1 Å². The third-order valence-electron chi connectivity index (χ3n) is 5.46. The maximum atomic E-state index is 10.4. The second kappa shape index (κ2) is 27.3. The highest BCUT2D eigenvalue weighted by atomic mass is 16.5. The van der Waals surface area contributed by atoms with Gasteiger partial charge in [-0.3, -0.25) is 10.1 Å². The van der Waals surface area contributed by atoms with Gasteiger partial charge in [0.05, 0.1) is 6.73 Å². The lowest BCUT2D eigenvalue weighted by Gasteiger charge is -2.07. The smallest absolute Gasteiger partial charge is 0.303 e. The van der Waals surface area contributed by atoms with Crippen LogP contribution >= 0.6 is 0 Å². The van der Waals surface area contributed by atoms with Crippen molar-refractivity contribution in [3.63, 3.8) is 0 Å². The van der Waals surface area contributed by atoms with Crippen LogP contribution < -0.4 is 16.0 Å². The minimum Gasteiger partial charge on any atom is -0.481 e. The number of carbonyl (C=O) groups is 1. The SMILES string of the molecule is CCCOCNCCCNCCCCCCNCCCCCCCCCCCC(=O)O. The molecule has 0 aromatic carbocycles. The first-order valence-corrected chi connectivity index (χ1v) is 13.2. The van der Waals surface area contributed by atoms with E-state index in [4.69, 9.17) is 9.84 Å². The van der Waals surface area contributed by atoms with Crippen LogP contribution in [0.3, 0.4) is 0 Å². The second-order valence-electron chi connectivity index (χ2n) is 8.65. The zero-order valence-electron chi connectivity index (χ0n) is 20.5. The highest BCUT2D eigenvalue weighted by molar-refractivity contribution is 5.66. The van der Waals surface area contributed by atoms with Gasteiger partial charge < -0.3 is 20.5 Å². The number of ether oxygens (including phenoxy) is 1. The predicted molar refractivity (Wildman–Crippen MR) is 132 cm³/mol. The van der Waals surface area contributed by atoms with E-state index in [9.17, 15) is 4.79 Å². The van der Waals surface area contributed by atoms with E-state index in [-0.39, 0.29) is 0 Å². The molecule has 0 bridgehead atoms. The summed E-state index contributed by atoms with van der Waals surface area (Å²) in [4.78, 5) is 10.4. The van der Waals surface area contributed by atoms with E-state index in [0.717, 1.165) is 65.0 Å². The van der Waals surface area contributed by atoms with Gasteiger partial charge in [-0.2, -0.15) is 0 Å². The second-order valence-corrected chi connectivity index (χ2v) is 8.65. The molecule has 0 amide bonds. The Balaban J connectivity index is 3.00. The van der Waals surface area contributed by atoms with Crippen LogP contribution in [0.5, 0.6) is 0 Å². The summed E-state index contributed by atoms with van der Waals surface area (Å²) in [5.41, 5.74) is 0. The number of carboxylic acids is 1. The Bertz CT molecular complexity index is 357. The first-order valence-electron chi connectivity index (χ1n) is 13.2. The zero-order valence-corrected chi connectivity index (χ0v) is 20.5. The van der Waals surface area contributed by atoms with Gasteiger partial charge in [0.25, 0.3) is 0 Å². The normalized spacial score (nSPS) is 11.3. The van der Waals surface area contributed by atoms with Gasteiger partial charge in [0.1, 0.15) is 0 Å². The molecule has 0 aliphatic carbocycles. The number of hydrogen-bond donors (Lipinski definition) is 4. The van der Waals surface area contributed by atoms with Crippen LogP contribution in [0.2, 0.25) is 0 Å². The molecule has 0 radical (unpaired) electrons. The number of carboxylic acid groups (broad SMARTS) is 1. The van der Waals surface area contributed by atoms with Crippen LogP contribution in [0, 0.1) is 0 Å². The van der Waals surface area contributed by atoms with Gasteiger partial charge in [-0.15, -0.1) is 0 Å². The van der Waals surface area contributed by atoms with Crippen molar-refractivity contribution in [3.8, 4) is 0 Å². The summed E-state index contributed by atoms with van der Waals surface area (Å²) in [5.74, 6) is -0.662. The molecule has 0 saturated heterocycles. The van der Waals surface area contributed by atoms with Crippen molar-refractivity contribution in [3.05, 3.63) is 0 Å². The fourth-order valence-corrected chi connectivity index (χ4v) is 3.57. The maximum absolute atomic E-state index is 10.4. The van der Waals surface area contributed by atoms with E-state index < -0.39 is 5.97 Å². The maximum Gasteiger partial charge on any atom is 0.303 e. The zero-order chi connectivity index (χ0) is 22.7. The van der Waals surface area contributed by atoms with E-state index in [1.807, 2.05) is 0 Å². The van der Waals surface area contributed by atoms with E-state index in [1.54, 1.807) is 0 Å². The van der Waals surface area contributed by atoms with Gasteiger partial charge >= 0.3 is 5.97 Å². The quantitative estimate of drug-likeness (QED) is 0.105. The van der Waals surface area contributed by atoms with Crippen molar-refractivity contribution in [1.29, 1.82) is 0 Å². The Morgan fingerprint density at radius 1 is 0.613 bits per heavy atom. The molecule has 6 heteroatoms. The molecule has 0 spiro atoms. The molecule has 0 saturated carbocycles. The lowest BCUT2D eigenvalue weighted by molar-refractivity contribution is -0.137. The van der Waals surface area contributed by atoms with E-state index in [1.165, 1.54) is 70.6 Å². The topological polar surface area (TPSA) is 82.6 Å². The van der Waals surface area contributed by atoms with Crippen LogP contribution in [0.25, 0.3) is 0 Å². The summed E-state index contributed by atoms with van der Waals surface area (Å²) in [7, 11) is 0. The van der Waals surface area contributed by atoms with Crippen molar-refractivity contribution in [1.82, 2.24) is 16.0 Å². The highest BCUT2D eigenvalue weighted by Crippen LogP contribution is 2.10. The summed E-state index contributed by atoms with van der Waals surface area (Å²) in [6.45, 7) is 9.24. The number of rotatable bonds is 27. The molecule has 0 aromatic heterocycles. The Morgan fingerprint density at radius 2 is 1.03 bits per heavy atom. The summed E-state index contributed by atoms with van der Waals surface area (Å²) >= 11 is 0. The molecule has 0 fully saturated rings. The van der Waals surface area contributed by atoms with Crippen LogP contribution in [0.4, 0.5) is 0 Å². The van der Waals surface area contributed by atoms with Gasteiger partial charge in [0, 0.05) is 13.0 Å². The first kappa shape index (κ1) is 30.3. The largest absolute Gasteiger partial charge is 0.481 e. The Kier molecular flexibility index (Phi) is 26.7. The molecule has 0 aliphatic rings. The minimum absolute atomic E-state index is 0.332. The van der Waals surface area contributed by atoms with Crippen LogP contribution in [0.1, 0.15) is 110 Å². The average molecular weight is 444 g/mol. The summed E-state index contributed by atoms with van der Waals surface area (Å²) < 4.78 is 5.39.